The highest BCUT2D eigenvalue weighted by atomic mass is 32.2. The minimum absolute atomic E-state index is 0.0164. The molecular weight excluding hydrogens is 379 g/mol. The molecule has 1 aromatic heterocycles. The zero-order valence-electron chi connectivity index (χ0n) is 14.3. The van der Waals surface area contributed by atoms with Crippen LogP contribution in [0, 0.1) is 5.82 Å². The standard InChI is InChI=1S/C16H19FN4O3S2/c1-10(15(22)18-11-7-8-26(23,24)9-11)25-16-20-19-14(21(16)2)12-5-3-4-6-13(12)17/h3-6,10-11H,7-9H2,1-2H3,(H,18,22). The smallest absolute Gasteiger partial charge is 0.233 e. The molecule has 1 amide bonds. The van der Waals surface area contributed by atoms with Crippen LogP contribution < -0.4 is 5.32 Å². The summed E-state index contributed by atoms with van der Waals surface area (Å²) in [5.74, 6) is -0.188. The lowest BCUT2D eigenvalue weighted by atomic mass is 10.2. The molecule has 0 aliphatic carbocycles. The zero-order valence-corrected chi connectivity index (χ0v) is 16.0. The van der Waals surface area contributed by atoms with Crippen LogP contribution in [0.3, 0.4) is 0 Å². The number of thioether (sulfide) groups is 1. The highest BCUT2D eigenvalue weighted by molar-refractivity contribution is 8.00. The quantitative estimate of drug-likeness (QED) is 0.766. The lowest BCUT2D eigenvalue weighted by Crippen LogP contribution is -2.40. The van der Waals surface area contributed by atoms with E-state index in [2.05, 4.69) is 15.5 Å². The molecule has 1 N–H and O–H groups in total. The van der Waals surface area contributed by atoms with Gasteiger partial charge in [-0.3, -0.25) is 4.79 Å². The highest BCUT2D eigenvalue weighted by Crippen LogP contribution is 2.27. The molecule has 26 heavy (non-hydrogen) atoms. The van der Waals surface area contributed by atoms with Gasteiger partial charge in [0.1, 0.15) is 5.82 Å². The number of halogens is 1. The summed E-state index contributed by atoms with van der Waals surface area (Å²) in [6.07, 6.45) is 0.437. The molecule has 1 saturated heterocycles. The van der Waals surface area contributed by atoms with Gasteiger partial charge in [-0.15, -0.1) is 10.2 Å². The molecule has 140 valence electrons. The van der Waals surface area contributed by atoms with Gasteiger partial charge in [0.05, 0.1) is 22.3 Å². The van der Waals surface area contributed by atoms with Gasteiger partial charge in [-0.05, 0) is 25.5 Å². The van der Waals surface area contributed by atoms with Gasteiger partial charge < -0.3 is 9.88 Å². The Bertz CT molecular complexity index is 929. The summed E-state index contributed by atoms with van der Waals surface area (Å²) < 4.78 is 38.5. The number of sulfone groups is 1. The summed E-state index contributed by atoms with van der Waals surface area (Å²) >= 11 is 1.19. The Morgan fingerprint density at radius 2 is 2.12 bits per heavy atom. The van der Waals surface area contributed by atoms with E-state index in [-0.39, 0.29) is 23.5 Å². The third kappa shape index (κ3) is 4.07. The minimum atomic E-state index is -3.05. The van der Waals surface area contributed by atoms with Crippen molar-refractivity contribution in [3.63, 3.8) is 0 Å². The van der Waals surface area contributed by atoms with Crippen molar-refractivity contribution in [1.82, 2.24) is 20.1 Å². The van der Waals surface area contributed by atoms with E-state index in [0.29, 0.717) is 23.0 Å². The van der Waals surface area contributed by atoms with Crippen molar-refractivity contribution >= 4 is 27.5 Å². The highest BCUT2D eigenvalue weighted by Gasteiger charge is 2.30. The van der Waals surface area contributed by atoms with Gasteiger partial charge in [0.15, 0.2) is 20.8 Å². The van der Waals surface area contributed by atoms with Crippen molar-refractivity contribution in [2.75, 3.05) is 11.5 Å². The predicted molar refractivity (Wildman–Crippen MR) is 96.9 cm³/mol. The number of nitrogens with one attached hydrogen (secondary N) is 1. The van der Waals surface area contributed by atoms with Crippen LogP contribution in [0.1, 0.15) is 13.3 Å². The summed E-state index contributed by atoms with van der Waals surface area (Å²) in [4.78, 5) is 12.3. The van der Waals surface area contributed by atoms with Crippen molar-refractivity contribution in [2.45, 2.75) is 29.8 Å². The van der Waals surface area contributed by atoms with Crippen LogP contribution in [0.2, 0.25) is 0 Å². The maximum absolute atomic E-state index is 13.9. The monoisotopic (exact) mass is 398 g/mol. The summed E-state index contributed by atoms with van der Waals surface area (Å²) in [6.45, 7) is 1.71. The molecule has 7 nitrogen and oxygen atoms in total. The fraction of sp³-hybridized carbons (Fsp3) is 0.438. The number of carbonyl (C=O) groups excluding carboxylic acids is 1. The van der Waals surface area contributed by atoms with Crippen molar-refractivity contribution in [2.24, 2.45) is 7.05 Å². The second kappa shape index (κ2) is 7.36. The first kappa shape index (κ1) is 18.8. The number of rotatable bonds is 5. The second-order valence-electron chi connectivity index (χ2n) is 6.21. The SMILES string of the molecule is CC(Sc1nnc(-c2ccccc2F)n1C)C(=O)NC1CCS(=O)(=O)C1. The van der Waals surface area contributed by atoms with Crippen LogP contribution in [0.4, 0.5) is 4.39 Å². The van der Waals surface area contributed by atoms with Crippen molar-refractivity contribution < 1.29 is 17.6 Å². The number of nitrogens with zero attached hydrogens (tertiary/aromatic N) is 3. The largest absolute Gasteiger partial charge is 0.351 e. The number of carbonyl (C=O) groups is 1. The van der Waals surface area contributed by atoms with Crippen LogP contribution in [0.5, 0.6) is 0 Å². The average Bonchev–Trinajstić information content (AvgIpc) is 3.10. The molecule has 2 unspecified atom stereocenters. The predicted octanol–water partition coefficient (Wildman–Crippen LogP) is 1.41. The maximum Gasteiger partial charge on any atom is 0.233 e. The lowest BCUT2D eigenvalue weighted by Gasteiger charge is -2.15. The zero-order chi connectivity index (χ0) is 18.9. The summed E-state index contributed by atoms with van der Waals surface area (Å²) in [6, 6.07) is 5.93. The topological polar surface area (TPSA) is 93.9 Å². The van der Waals surface area contributed by atoms with E-state index in [1.807, 2.05) is 0 Å². The van der Waals surface area contributed by atoms with Crippen LogP contribution >= 0.6 is 11.8 Å². The van der Waals surface area contributed by atoms with E-state index in [0.717, 1.165) is 0 Å². The molecule has 0 radical (unpaired) electrons. The van der Waals surface area contributed by atoms with Gasteiger partial charge in [-0.2, -0.15) is 0 Å². The Labute approximate surface area is 155 Å². The van der Waals surface area contributed by atoms with E-state index in [4.69, 9.17) is 0 Å². The molecule has 1 aromatic carbocycles. The molecule has 2 atom stereocenters. The first-order valence-electron chi connectivity index (χ1n) is 8.08. The second-order valence-corrected chi connectivity index (χ2v) is 9.75. The fourth-order valence-corrected chi connectivity index (χ4v) is 5.23. The van der Waals surface area contributed by atoms with Gasteiger partial charge in [0, 0.05) is 13.1 Å². The molecule has 1 fully saturated rings. The first-order valence-corrected chi connectivity index (χ1v) is 10.8. The average molecular weight is 398 g/mol. The Morgan fingerprint density at radius 3 is 2.77 bits per heavy atom. The number of amides is 1. The third-order valence-electron chi connectivity index (χ3n) is 4.18. The molecule has 1 aliphatic rings. The van der Waals surface area contributed by atoms with Crippen LogP contribution in [-0.4, -0.2) is 51.9 Å². The molecule has 0 bridgehead atoms. The number of benzene rings is 1. The van der Waals surface area contributed by atoms with Gasteiger partial charge in [0.25, 0.3) is 0 Å². The Kier molecular flexibility index (Phi) is 5.33. The van der Waals surface area contributed by atoms with Gasteiger partial charge in [-0.1, -0.05) is 23.9 Å². The molecule has 3 rings (SSSR count). The maximum atomic E-state index is 13.9. The minimum Gasteiger partial charge on any atom is -0.351 e. The summed E-state index contributed by atoms with van der Waals surface area (Å²) in [7, 11) is -1.34. The van der Waals surface area contributed by atoms with Crippen LogP contribution in [0.15, 0.2) is 29.4 Å². The Balaban J connectivity index is 1.67. The van der Waals surface area contributed by atoms with E-state index in [9.17, 15) is 17.6 Å². The van der Waals surface area contributed by atoms with E-state index in [1.54, 1.807) is 36.7 Å². The summed E-state index contributed by atoms with van der Waals surface area (Å²) in [5, 5.41) is 10.8. The van der Waals surface area contributed by atoms with Crippen molar-refractivity contribution in [1.29, 1.82) is 0 Å². The summed E-state index contributed by atoms with van der Waals surface area (Å²) in [5.41, 5.74) is 0.336. The molecule has 0 saturated carbocycles. The van der Waals surface area contributed by atoms with Gasteiger partial charge >= 0.3 is 0 Å². The molecular formula is C16H19FN4O3S2. The Hall–Kier alpha value is -1.94. The Morgan fingerprint density at radius 1 is 1.38 bits per heavy atom. The van der Waals surface area contributed by atoms with E-state index >= 15 is 0 Å². The van der Waals surface area contributed by atoms with Crippen LogP contribution in [-0.2, 0) is 21.7 Å². The van der Waals surface area contributed by atoms with E-state index in [1.165, 1.54) is 17.8 Å². The van der Waals surface area contributed by atoms with Gasteiger partial charge in [-0.25, -0.2) is 12.8 Å². The molecule has 0 spiro atoms. The first-order chi connectivity index (χ1) is 12.3. The number of hydrogen-bond acceptors (Lipinski definition) is 6. The van der Waals surface area contributed by atoms with Crippen molar-refractivity contribution in [3.05, 3.63) is 30.1 Å². The molecule has 2 aromatic rings. The fourth-order valence-electron chi connectivity index (χ4n) is 2.73. The van der Waals surface area contributed by atoms with Crippen molar-refractivity contribution in [3.8, 4) is 11.4 Å². The lowest BCUT2D eigenvalue weighted by molar-refractivity contribution is -0.120. The van der Waals surface area contributed by atoms with Crippen LogP contribution in [0.25, 0.3) is 11.4 Å². The molecule has 10 heteroatoms. The number of aromatic nitrogens is 3. The molecule has 2 heterocycles. The van der Waals surface area contributed by atoms with E-state index < -0.39 is 20.9 Å². The normalized spacial score (nSPS) is 20.0. The number of hydrogen-bond donors (Lipinski definition) is 1. The molecule has 1 aliphatic heterocycles. The third-order valence-corrected chi connectivity index (χ3v) is 7.08. The van der Waals surface area contributed by atoms with Gasteiger partial charge in [0.2, 0.25) is 5.91 Å².